The molecule has 2 N–H and O–H groups in total. The van der Waals surface area contributed by atoms with Crippen LogP contribution in [0.15, 0.2) is 6.20 Å². The van der Waals surface area contributed by atoms with Gasteiger partial charge < -0.3 is 10.4 Å². The van der Waals surface area contributed by atoms with E-state index in [0.717, 1.165) is 43.6 Å². The van der Waals surface area contributed by atoms with Gasteiger partial charge in [0.25, 0.3) is 5.91 Å². The number of nitrogens with zero attached hydrogens (tertiary/aromatic N) is 2. The highest BCUT2D eigenvalue weighted by Crippen LogP contribution is 2.59. The van der Waals surface area contributed by atoms with Crippen LogP contribution in [0, 0.1) is 30.6 Å². The first-order chi connectivity index (χ1) is 12.5. The highest BCUT2D eigenvalue weighted by molar-refractivity contribution is 5.95. The highest BCUT2D eigenvalue weighted by Gasteiger charge is 2.60. The SMILES string of the molecule is Cc1ncc(C(=O)N[C@@H]2[C@@H]3CC4C[C@@](O)(C3)C[C@H]42)c(CC2CCCC2)n1. The number of amides is 1. The van der Waals surface area contributed by atoms with Gasteiger partial charge in [-0.1, -0.05) is 25.7 Å². The van der Waals surface area contributed by atoms with E-state index in [1.54, 1.807) is 6.20 Å². The average molecular weight is 355 g/mol. The molecule has 1 aromatic heterocycles. The number of aryl methyl sites for hydroxylation is 1. The van der Waals surface area contributed by atoms with Gasteiger partial charge in [0, 0.05) is 12.2 Å². The molecule has 1 amide bonds. The summed E-state index contributed by atoms with van der Waals surface area (Å²) in [6.07, 6.45) is 11.5. The molecule has 6 rings (SSSR count). The van der Waals surface area contributed by atoms with Gasteiger partial charge in [-0.3, -0.25) is 4.79 Å². The van der Waals surface area contributed by atoms with Gasteiger partial charge in [0.05, 0.1) is 16.9 Å². The Balaban J connectivity index is 1.34. The van der Waals surface area contributed by atoms with Crippen LogP contribution >= 0.6 is 0 Å². The van der Waals surface area contributed by atoms with Crippen molar-refractivity contribution in [3.63, 3.8) is 0 Å². The second-order valence-corrected chi connectivity index (χ2v) is 9.39. The lowest BCUT2D eigenvalue weighted by Crippen LogP contribution is -2.48. The van der Waals surface area contributed by atoms with Gasteiger partial charge in [-0.25, -0.2) is 9.97 Å². The highest BCUT2D eigenvalue weighted by atomic mass is 16.3. The average Bonchev–Trinajstić information content (AvgIpc) is 3.23. The number of hydrogen-bond donors (Lipinski definition) is 2. The number of carbonyl (C=O) groups excluding carboxylic acids is 1. The van der Waals surface area contributed by atoms with Crippen molar-refractivity contribution in [1.82, 2.24) is 15.3 Å². The Morgan fingerprint density at radius 3 is 2.81 bits per heavy atom. The summed E-state index contributed by atoms with van der Waals surface area (Å²) in [6, 6.07) is 0.218. The molecule has 140 valence electrons. The van der Waals surface area contributed by atoms with Crippen LogP contribution in [-0.4, -0.2) is 32.6 Å². The summed E-state index contributed by atoms with van der Waals surface area (Å²) in [6.45, 7) is 1.90. The van der Waals surface area contributed by atoms with Crippen LogP contribution in [0.5, 0.6) is 0 Å². The summed E-state index contributed by atoms with van der Waals surface area (Å²) in [5, 5.41) is 13.9. The molecule has 5 atom stereocenters. The number of rotatable bonds is 4. The van der Waals surface area contributed by atoms with Crippen LogP contribution < -0.4 is 5.32 Å². The van der Waals surface area contributed by atoms with Gasteiger partial charge in [0.15, 0.2) is 0 Å². The Kier molecular flexibility index (Phi) is 3.85. The van der Waals surface area contributed by atoms with E-state index >= 15 is 0 Å². The summed E-state index contributed by atoms with van der Waals surface area (Å²) < 4.78 is 0. The topological polar surface area (TPSA) is 75.1 Å². The molecule has 1 aromatic rings. The lowest BCUT2D eigenvalue weighted by atomic mass is 9.76. The molecule has 5 heteroatoms. The monoisotopic (exact) mass is 355 g/mol. The number of aromatic nitrogens is 2. The first-order valence-corrected chi connectivity index (χ1v) is 10.4. The van der Waals surface area contributed by atoms with Crippen molar-refractivity contribution in [3.8, 4) is 0 Å². The van der Waals surface area contributed by atoms with Crippen molar-refractivity contribution < 1.29 is 9.90 Å². The fourth-order valence-electron chi connectivity index (χ4n) is 6.56. The molecule has 5 nitrogen and oxygen atoms in total. The van der Waals surface area contributed by atoms with E-state index in [1.165, 1.54) is 25.7 Å². The van der Waals surface area contributed by atoms with Gasteiger partial charge in [-0.2, -0.15) is 0 Å². The number of nitrogens with one attached hydrogen (secondary N) is 1. The fourth-order valence-corrected chi connectivity index (χ4v) is 6.56. The van der Waals surface area contributed by atoms with Crippen LogP contribution in [0.25, 0.3) is 0 Å². The summed E-state index contributed by atoms with van der Waals surface area (Å²) in [5.74, 6) is 2.87. The number of carbonyl (C=O) groups is 1. The Bertz CT molecular complexity index is 726. The Morgan fingerprint density at radius 2 is 2.04 bits per heavy atom. The number of hydrogen-bond acceptors (Lipinski definition) is 4. The molecule has 0 spiro atoms. The largest absolute Gasteiger partial charge is 0.390 e. The normalized spacial score (nSPS) is 38.2. The van der Waals surface area contributed by atoms with Crippen molar-refractivity contribution in [1.29, 1.82) is 0 Å². The van der Waals surface area contributed by atoms with Crippen molar-refractivity contribution >= 4 is 5.91 Å². The third-order valence-corrected chi connectivity index (χ3v) is 7.57. The lowest BCUT2D eigenvalue weighted by Gasteiger charge is -2.38. The van der Waals surface area contributed by atoms with Crippen LogP contribution in [0.4, 0.5) is 0 Å². The van der Waals surface area contributed by atoms with E-state index in [9.17, 15) is 9.90 Å². The maximum atomic E-state index is 13.1. The van der Waals surface area contributed by atoms with E-state index in [-0.39, 0.29) is 11.9 Å². The van der Waals surface area contributed by atoms with Gasteiger partial charge in [0.1, 0.15) is 5.82 Å². The van der Waals surface area contributed by atoms with Crippen molar-refractivity contribution in [2.45, 2.75) is 76.4 Å². The molecule has 4 bridgehead atoms. The van der Waals surface area contributed by atoms with Crippen LogP contribution in [-0.2, 0) is 6.42 Å². The van der Waals surface area contributed by atoms with Gasteiger partial charge >= 0.3 is 0 Å². The van der Waals surface area contributed by atoms with E-state index in [4.69, 9.17) is 0 Å². The molecule has 5 saturated carbocycles. The Labute approximate surface area is 155 Å². The minimum Gasteiger partial charge on any atom is -0.390 e. The van der Waals surface area contributed by atoms with E-state index in [1.807, 2.05) is 6.92 Å². The quantitative estimate of drug-likeness (QED) is 0.871. The molecule has 0 aliphatic heterocycles. The summed E-state index contributed by atoms with van der Waals surface area (Å²) in [5.41, 5.74) is 1.15. The minimum atomic E-state index is -0.444. The van der Waals surface area contributed by atoms with Crippen LogP contribution in [0.2, 0.25) is 0 Å². The lowest BCUT2D eigenvalue weighted by molar-refractivity contribution is -0.0192. The van der Waals surface area contributed by atoms with E-state index in [2.05, 4.69) is 15.3 Å². The third kappa shape index (κ3) is 2.75. The second kappa shape index (κ2) is 6.01. The van der Waals surface area contributed by atoms with Gasteiger partial charge in [-0.05, 0) is 62.7 Å². The molecule has 26 heavy (non-hydrogen) atoms. The molecular weight excluding hydrogens is 326 g/mol. The molecule has 1 heterocycles. The van der Waals surface area contributed by atoms with E-state index < -0.39 is 5.60 Å². The standard InChI is InChI=1S/C21H29N3O2/c1-12-22-11-17(18(23-12)6-13-4-2-3-5-13)20(25)24-19-15-7-14-8-21(26,9-15)10-16(14)19/h11,13-16,19,26H,2-10H2,1H3,(H,24,25)/t14?,15-,16-,19-,21-/m1/s1. The summed E-state index contributed by atoms with van der Waals surface area (Å²) in [4.78, 5) is 22.0. The first-order valence-electron chi connectivity index (χ1n) is 10.4. The maximum Gasteiger partial charge on any atom is 0.254 e. The fraction of sp³-hybridized carbons (Fsp3) is 0.762. The second-order valence-electron chi connectivity index (χ2n) is 9.39. The molecular formula is C21H29N3O2. The molecule has 0 aromatic carbocycles. The van der Waals surface area contributed by atoms with Gasteiger partial charge in [-0.15, -0.1) is 0 Å². The molecule has 5 aliphatic rings. The Morgan fingerprint density at radius 1 is 1.27 bits per heavy atom. The van der Waals surface area contributed by atoms with Crippen molar-refractivity contribution in [3.05, 3.63) is 23.3 Å². The Hall–Kier alpha value is -1.49. The molecule has 1 unspecified atom stereocenters. The molecule has 5 aliphatic carbocycles. The maximum absolute atomic E-state index is 13.1. The molecule has 0 radical (unpaired) electrons. The summed E-state index contributed by atoms with van der Waals surface area (Å²) >= 11 is 0. The van der Waals surface area contributed by atoms with Crippen LogP contribution in [0.1, 0.15) is 73.2 Å². The number of aliphatic hydroxyl groups is 1. The zero-order valence-electron chi connectivity index (χ0n) is 15.6. The zero-order valence-corrected chi connectivity index (χ0v) is 15.6. The minimum absolute atomic E-state index is 0.00835. The predicted molar refractivity (Wildman–Crippen MR) is 97.6 cm³/mol. The van der Waals surface area contributed by atoms with Crippen LogP contribution in [0.3, 0.4) is 0 Å². The van der Waals surface area contributed by atoms with Gasteiger partial charge in [0.2, 0.25) is 0 Å². The summed E-state index contributed by atoms with van der Waals surface area (Å²) in [7, 11) is 0. The van der Waals surface area contributed by atoms with Crippen molar-refractivity contribution in [2.75, 3.05) is 0 Å². The zero-order chi connectivity index (χ0) is 17.9. The smallest absolute Gasteiger partial charge is 0.254 e. The molecule has 0 saturated heterocycles. The third-order valence-electron chi connectivity index (χ3n) is 7.57. The first kappa shape index (κ1) is 16.7. The molecule has 5 fully saturated rings. The van der Waals surface area contributed by atoms with E-state index in [0.29, 0.717) is 29.2 Å². The predicted octanol–water partition coefficient (Wildman–Crippen LogP) is 2.80. The van der Waals surface area contributed by atoms with Crippen molar-refractivity contribution in [2.24, 2.45) is 23.7 Å².